The molecule has 0 aliphatic carbocycles. The Kier molecular flexibility index (Phi) is 3.33. The van der Waals surface area contributed by atoms with Gasteiger partial charge in [0, 0.05) is 11.1 Å². The van der Waals surface area contributed by atoms with Crippen molar-refractivity contribution >= 4 is 46.5 Å². The molecular weight excluding hydrogens is 367 g/mol. The van der Waals surface area contributed by atoms with Crippen molar-refractivity contribution in [3.05, 3.63) is 43.7 Å². The van der Waals surface area contributed by atoms with Crippen molar-refractivity contribution in [2.45, 2.75) is 31.7 Å². The number of aromatic amines is 1. The Balaban J connectivity index is 2.11. The number of rotatable bonds is 1. The molecular formula is C16H14Cl2N4O3. The number of nitrogens with zero attached hydrogens (tertiary/aromatic N) is 1. The number of nitrogens with one attached hydrogen (secondary N) is 3. The second kappa shape index (κ2) is 5.12. The molecule has 25 heavy (non-hydrogen) atoms. The van der Waals surface area contributed by atoms with Gasteiger partial charge in [-0.15, -0.1) is 0 Å². The van der Waals surface area contributed by atoms with Gasteiger partial charge in [0.05, 0.1) is 22.7 Å². The third-order valence-electron chi connectivity index (χ3n) is 4.69. The molecule has 3 heterocycles. The Morgan fingerprint density at radius 1 is 1.16 bits per heavy atom. The van der Waals surface area contributed by atoms with Gasteiger partial charge >= 0.3 is 0 Å². The molecule has 2 aliphatic rings. The number of H-pyrrole nitrogens is 1. The van der Waals surface area contributed by atoms with E-state index in [-0.39, 0.29) is 29.0 Å². The summed E-state index contributed by atoms with van der Waals surface area (Å²) in [5.41, 5.74) is -0.848. The summed E-state index contributed by atoms with van der Waals surface area (Å²) in [7, 11) is 0. The number of carbonyl (C=O) groups is 2. The molecule has 2 aromatic rings. The van der Waals surface area contributed by atoms with E-state index in [2.05, 4.69) is 15.7 Å². The van der Waals surface area contributed by atoms with Gasteiger partial charge in [-0.05, 0) is 31.5 Å². The first kappa shape index (κ1) is 16.2. The van der Waals surface area contributed by atoms with Crippen LogP contribution >= 0.6 is 23.2 Å². The van der Waals surface area contributed by atoms with Crippen molar-refractivity contribution in [3.8, 4) is 0 Å². The van der Waals surface area contributed by atoms with E-state index in [1.54, 1.807) is 10.7 Å². The van der Waals surface area contributed by atoms with Crippen LogP contribution in [0.5, 0.6) is 0 Å². The maximum atomic E-state index is 13.0. The van der Waals surface area contributed by atoms with Crippen LogP contribution in [0.15, 0.2) is 16.9 Å². The molecule has 1 spiro atoms. The zero-order chi connectivity index (χ0) is 18.1. The smallest absolute Gasteiger partial charge is 0.270 e. The molecule has 130 valence electrons. The molecule has 0 bridgehead atoms. The fourth-order valence-corrected chi connectivity index (χ4v) is 4.20. The van der Waals surface area contributed by atoms with E-state index < -0.39 is 16.9 Å². The van der Waals surface area contributed by atoms with Crippen molar-refractivity contribution in [2.24, 2.45) is 0 Å². The Bertz CT molecular complexity index is 1010. The first-order valence-electron chi connectivity index (χ1n) is 7.71. The SMILES string of the molecule is CC(C)n1[nH]c(=O)c2c1NC(=O)C[C@@]21C(=O)Nc2c(Cl)cc(Cl)cc21. The number of carbonyl (C=O) groups excluding carboxylic acids is 2. The van der Waals surface area contributed by atoms with Gasteiger partial charge in [-0.3, -0.25) is 24.2 Å². The highest BCUT2D eigenvalue weighted by Gasteiger charge is 2.56. The maximum Gasteiger partial charge on any atom is 0.270 e. The lowest BCUT2D eigenvalue weighted by Crippen LogP contribution is -2.46. The molecule has 1 aromatic carbocycles. The zero-order valence-electron chi connectivity index (χ0n) is 13.4. The van der Waals surface area contributed by atoms with E-state index in [9.17, 15) is 14.4 Å². The quantitative estimate of drug-likeness (QED) is 0.709. The lowest BCUT2D eigenvalue weighted by atomic mass is 9.71. The Hall–Kier alpha value is -2.25. The van der Waals surface area contributed by atoms with Gasteiger partial charge in [-0.25, -0.2) is 0 Å². The first-order valence-corrected chi connectivity index (χ1v) is 8.47. The van der Waals surface area contributed by atoms with Crippen LogP contribution < -0.4 is 16.2 Å². The van der Waals surface area contributed by atoms with Crippen LogP contribution in [0.3, 0.4) is 0 Å². The normalized spacial score (nSPS) is 21.3. The summed E-state index contributed by atoms with van der Waals surface area (Å²) in [5, 5.41) is 8.72. The second-order valence-electron chi connectivity index (χ2n) is 6.52. The van der Waals surface area contributed by atoms with Crippen LogP contribution in [0.4, 0.5) is 11.5 Å². The molecule has 0 fully saturated rings. The van der Waals surface area contributed by atoms with E-state index in [1.165, 1.54) is 6.07 Å². The standard InChI is InChI=1S/C16H14Cl2N4O3/c1-6(2)22-13-11(14(24)21-22)16(5-10(23)19-13)8-3-7(17)4-9(18)12(8)20-15(16)25/h3-4,6H,5H2,1-2H3,(H,19,23)(H,20,25)(H,21,24)/t16-/m0/s1. The van der Waals surface area contributed by atoms with Gasteiger partial charge in [0.2, 0.25) is 11.8 Å². The predicted octanol–water partition coefficient (Wildman–Crippen LogP) is 2.64. The summed E-state index contributed by atoms with van der Waals surface area (Å²) in [6.45, 7) is 3.72. The number of hydrogen-bond acceptors (Lipinski definition) is 3. The fraction of sp³-hybridized carbons (Fsp3) is 0.312. The minimum atomic E-state index is -1.45. The highest BCUT2D eigenvalue weighted by Crippen LogP contribution is 2.51. The largest absolute Gasteiger partial charge is 0.323 e. The number of amides is 2. The minimum Gasteiger partial charge on any atom is -0.323 e. The molecule has 0 unspecified atom stereocenters. The van der Waals surface area contributed by atoms with Crippen molar-refractivity contribution in [1.29, 1.82) is 0 Å². The van der Waals surface area contributed by atoms with Crippen LogP contribution in [0, 0.1) is 0 Å². The topological polar surface area (TPSA) is 96.0 Å². The van der Waals surface area contributed by atoms with Gasteiger partial charge in [-0.1, -0.05) is 23.2 Å². The van der Waals surface area contributed by atoms with Gasteiger partial charge < -0.3 is 10.6 Å². The van der Waals surface area contributed by atoms with Crippen LogP contribution in [-0.4, -0.2) is 21.6 Å². The van der Waals surface area contributed by atoms with E-state index >= 15 is 0 Å². The van der Waals surface area contributed by atoms with E-state index in [0.717, 1.165) is 0 Å². The number of fused-ring (bicyclic) bond motifs is 4. The number of hydrogen-bond donors (Lipinski definition) is 3. The molecule has 0 saturated heterocycles. The van der Waals surface area contributed by atoms with Gasteiger partial charge in [0.15, 0.2) is 0 Å². The van der Waals surface area contributed by atoms with E-state index in [1.807, 2.05) is 13.8 Å². The van der Waals surface area contributed by atoms with Crippen LogP contribution in [0.2, 0.25) is 10.0 Å². The fourth-order valence-electron chi connectivity index (χ4n) is 3.66. The summed E-state index contributed by atoms with van der Waals surface area (Å²) < 4.78 is 1.55. The van der Waals surface area contributed by atoms with Crippen molar-refractivity contribution in [1.82, 2.24) is 9.78 Å². The van der Waals surface area contributed by atoms with E-state index in [4.69, 9.17) is 23.2 Å². The lowest BCUT2D eigenvalue weighted by molar-refractivity contribution is -0.125. The molecule has 9 heteroatoms. The predicted molar refractivity (Wildman–Crippen MR) is 94.6 cm³/mol. The molecule has 1 atom stereocenters. The maximum absolute atomic E-state index is 13.0. The minimum absolute atomic E-state index is 0.112. The number of benzene rings is 1. The zero-order valence-corrected chi connectivity index (χ0v) is 14.9. The first-order chi connectivity index (χ1) is 11.8. The summed E-state index contributed by atoms with van der Waals surface area (Å²) in [5.74, 6) is -0.523. The highest BCUT2D eigenvalue weighted by molar-refractivity contribution is 6.38. The molecule has 7 nitrogen and oxygen atoms in total. The third kappa shape index (κ3) is 2.02. The highest BCUT2D eigenvalue weighted by atomic mass is 35.5. The Morgan fingerprint density at radius 3 is 2.56 bits per heavy atom. The Morgan fingerprint density at radius 2 is 1.88 bits per heavy atom. The van der Waals surface area contributed by atoms with Gasteiger partial charge in [0.25, 0.3) is 5.56 Å². The third-order valence-corrected chi connectivity index (χ3v) is 5.21. The molecule has 0 radical (unpaired) electrons. The van der Waals surface area contributed by atoms with Crippen LogP contribution in [-0.2, 0) is 15.0 Å². The van der Waals surface area contributed by atoms with Gasteiger partial charge in [-0.2, -0.15) is 0 Å². The lowest BCUT2D eigenvalue weighted by Gasteiger charge is -2.31. The molecule has 2 amide bonds. The molecule has 3 N–H and O–H groups in total. The van der Waals surface area contributed by atoms with E-state index in [0.29, 0.717) is 22.1 Å². The van der Waals surface area contributed by atoms with Gasteiger partial charge in [0.1, 0.15) is 11.2 Å². The Labute approximate surface area is 152 Å². The number of aromatic nitrogens is 2. The van der Waals surface area contributed by atoms with Crippen molar-refractivity contribution < 1.29 is 9.59 Å². The number of halogens is 2. The van der Waals surface area contributed by atoms with Crippen LogP contribution in [0.1, 0.15) is 37.4 Å². The number of anilines is 2. The average Bonchev–Trinajstić information content (AvgIpc) is 2.97. The summed E-state index contributed by atoms with van der Waals surface area (Å²) in [6, 6.07) is 2.97. The summed E-state index contributed by atoms with van der Waals surface area (Å²) >= 11 is 12.3. The van der Waals surface area contributed by atoms with Crippen molar-refractivity contribution in [3.63, 3.8) is 0 Å². The molecule has 1 aromatic heterocycles. The second-order valence-corrected chi connectivity index (χ2v) is 7.37. The monoisotopic (exact) mass is 380 g/mol. The molecule has 2 aliphatic heterocycles. The van der Waals surface area contributed by atoms with Crippen molar-refractivity contribution in [2.75, 3.05) is 10.6 Å². The summed E-state index contributed by atoms with van der Waals surface area (Å²) in [6.07, 6.45) is -0.194. The van der Waals surface area contributed by atoms with Crippen LogP contribution in [0.25, 0.3) is 0 Å². The summed E-state index contributed by atoms with van der Waals surface area (Å²) in [4.78, 5) is 38.1. The molecule has 0 saturated carbocycles. The average molecular weight is 381 g/mol. The molecule has 4 rings (SSSR count).